The number of piperidine rings is 1. The van der Waals surface area contributed by atoms with Crippen LogP contribution in [0.25, 0.3) is 0 Å². The summed E-state index contributed by atoms with van der Waals surface area (Å²) < 4.78 is 0. The van der Waals surface area contributed by atoms with Crippen LogP contribution in [0, 0.1) is 5.92 Å². The van der Waals surface area contributed by atoms with Crippen molar-refractivity contribution in [2.24, 2.45) is 5.92 Å². The average molecular weight is 269 g/mol. The van der Waals surface area contributed by atoms with Crippen molar-refractivity contribution in [2.45, 2.75) is 26.0 Å². The van der Waals surface area contributed by atoms with Crippen LogP contribution in [0.15, 0.2) is 18.2 Å². The van der Waals surface area contributed by atoms with Crippen molar-refractivity contribution in [1.29, 1.82) is 0 Å². The van der Waals surface area contributed by atoms with Crippen LogP contribution in [-0.2, 0) is 6.54 Å². The van der Waals surface area contributed by atoms with Gasteiger partial charge in [0.25, 0.3) is 0 Å². The lowest BCUT2D eigenvalue weighted by Crippen LogP contribution is -2.42. The van der Waals surface area contributed by atoms with E-state index in [0.29, 0.717) is 5.92 Å². The van der Waals surface area contributed by atoms with Crippen molar-refractivity contribution < 1.29 is 5.11 Å². The van der Waals surface area contributed by atoms with Crippen molar-refractivity contribution in [2.75, 3.05) is 25.0 Å². The van der Waals surface area contributed by atoms with Crippen LogP contribution in [-0.4, -0.2) is 31.3 Å². The molecule has 0 aliphatic carbocycles. The van der Waals surface area contributed by atoms with Crippen molar-refractivity contribution in [3.63, 3.8) is 0 Å². The Morgan fingerprint density at radius 2 is 2.28 bits per heavy atom. The standard InChI is InChI=1S/C14H21ClN2O/c1-10-9-17(6-5-14(10)18)13-7-12(15)4-3-11(13)8-16-2/h3-4,7,10,14,16,18H,5-6,8-9H2,1-2H3. The van der Waals surface area contributed by atoms with Gasteiger partial charge >= 0.3 is 0 Å². The zero-order valence-corrected chi connectivity index (χ0v) is 11.7. The zero-order chi connectivity index (χ0) is 13.1. The Labute approximate surface area is 114 Å². The van der Waals surface area contributed by atoms with Gasteiger partial charge < -0.3 is 15.3 Å². The molecular weight excluding hydrogens is 248 g/mol. The first kappa shape index (κ1) is 13.7. The Morgan fingerprint density at radius 3 is 2.94 bits per heavy atom. The fraction of sp³-hybridized carbons (Fsp3) is 0.571. The average Bonchev–Trinajstić information content (AvgIpc) is 2.35. The van der Waals surface area contributed by atoms with Crippen LogP contribution >= 0.6 is 11.6 Å². The molecular formula is C14H21ClN2O. The van der Waals surface area contributed by atoms with Gasteiger partial charge in [-0.15, -0.1) is 0 Å². The second-order valence-electron chi connectivity index (χ2n) is 5.08. The third-order valence-electron chi connectivity index (χ3n) is 3.62. The summed E-state index contributed by atoms with van der Waals surface area (Å²) in [5.41, 5.74) is 2.45. The number of rotatable bonds is 3. The first-order chi connectivity index (χ1) is 8.61. The summed E-state index contributed by atoms with van der Waals surface area (Å²) in [6, 6.07) is 6.03. The van der Waals surface area contributed by atoms with E-state index in [0.717, 1.165) is 31.1 Å². The SMILES string of the molecule is CNCc1ccc(Cl)cc1N1CCC(O)C(C)C1. The molecule has 3 nitrogen and oxygen atoms in total. The van der Waals surface area contributed by atoms with E-state index < -0.39 is 0 Å². The highest BCUT2D eigenvalue weighted by atomic mass is 35.5. The van der Waals surface area contributed by atoms with E-state index >= 15 is 0 Å². The van der Waals surface area contributed by atoms with Gasteiger partial charge in [-0.25, -0.2) is 0 Å². The maximum absolute atomic E-state index is 9.80. The van der Waals surface area contributed by atoms with Crippen LogP contribution in [0.4, 0.5) is 5.69 Å². The predicted octanol–water partition coefficient (Wildman–Crippen LogP) is 2.27. The van der Waals surface area contributed by atoms with Gasteiger partial charge in [0.2, 0.25) is 0 Å². The zero-order valence-electron chi connectivity index (χ0n) is 11.0. The van der Waals surface area contributed by atoms with Crippen molar-refractivity contribution in [3.05, 3.63) is 28.8 Å². The minimum Gasteiger partial charge on any atom is -0.393 e. The Morgan fingerprint density at radius 1 is 1.50 bits per heavy atom. The summed E-state index contributed by atoms with van der Waals surface area (Å²) in [5.74, 6) is 0.306. The highest BCUT2D eigenvalue weighted by Crippen LogP contribution is 2.29. The first-order valence-corrected chi connectivity index (χ1v) is 6.85. The van der Waals surface area contributed by atoms with Gasteiger partial charge in [0.05, 0.1) is 6.10 Å². The third kappa shape index (κ3) is 2.97. The maximum atomic E-state index is 9.80. The fourth-order valence-corrected chi connectivity index (χ4v) is 2.69. The van der Waals surface area contributed by atoms with Crippen LogP contribution in [0.5, 0.6) is 0 Å². The number of hydrogen-bond donors (Lipinski definition) is 2. The van der Waals surface area contributed by atoms with E-state index in [1.54, 1.807) is 0 Å². The predicted molar refractivity (Wildman–Crippen MR) is 76.2 cm³/mol. The van der Waals surface area contributed by atoms with Crippen LogP contribution < -0.4 is 10.2 Å². The number of halogens is 1. The summed E-state index contributed by atoms with van der Waals surface area (Å²) >= 11 is 6.10. The van der Waals surface area contributed by atoms with Crippen LogP contribution in [0.2, 0.25) is 5.02 Å². The lowest BCUT2D eigenvalue weighted by Gasteiger charge is -2.37. The first-order valence-electron chi connectivity index (χ1n) is 6.48. The van der Waals surface area contributed by atoms with Crippen molar-refractivity contribution >= 4 is 17.3 Å². The Balaban J connectivity index is 2.23. The number of anilines is 1. The molecule has 1 aromatic rings. The van der Waals surface area contributed by atoms with E-state index in [-0.39, 0.29) is 6.10 Å². The third-order valence-corrected chi connectivity index (χ3v) is 3.85. The topological polar surface area (TPSA) is 35.5 Å². The van der Waals surface area contributed by atoms with Crippen molar-refractivity contribution in [1.82, 2.24) is 5.32 Å². The van der Waals surface area contributed by atoms with Gasteiger partial charge in [-0.2, -0.15) is 0 Å². The lowest BCUT2D eigenvalue weighted by atomic mass is 9.95. The smallest absolute Gasteiger partial charge is 0.0599 e. The molecule has 18 heavy (non-hydrogen) atoms. The quantitative estimate of drug-likeness (QED) is 0.883. The molecule has 1 heterocycles. The highest BCUT2D eigenvalue weighted by molar-refractivity contribution is 6.30. The molecule has 2 N–H and O–H groups in total. The van der Waals surface area contributed by atoms with E-state index in [9.17, 15) is 5.11 Å². The number of nitrogens with one attached hydrogen (secondary N) is 1. The molecule has 4 heteroatoms. The van der Waals surface area contributed by atoms with Gasteiger partial charge in [0.1, 0.15) is 0 Å². The molecule has 0 amide bonds. The number of aliphatic hydroxyl groups is 1. The molecule has 2 atom stereocenters. The summed E-state index contributed by atoms with van der Waals surface area (Å²) in [4.78, 5) is 2.33. The van der Waals surface area contributed by atoms with E-state index in [1.807, 2.05) is 19.2 Å². The molecule has 2 unspecified atom stereocenters. The number of benzene rings is 1. The van der Waals surface area contributed by atoms with E-state index in [2.05, 4.69) is 23.2 Å². The molecule has 1 fully saturated rings. The monoisotopic (exact) mass is 268 g/mol. The van der Waals surface area contributed by atoms with Gasteiger partial charge in [0, 0.05) is 30.3 Å². The molecule has 100 valence electrons. The molecule has 0 saturated carbocycles. The van der Waals surface area contributed by atoms with E-state index in [1.165, 1.54) is 11.3 Å². The molecule has 1 aliphatic rings. The van der Waals surface area contributed by atoms with E-state index in [4.69, 9.17) is 11.6 Å². The summed E-state index contributed by atoms with van der Waals surface area (Å²) in [6.07, 6.45) is 0.653. The molecule has 2 rings (SSSR count). The molecule has 0 aromatic heterocycles. The molecule has 0 radical (unpaired) electrons. The minimum absolute atomic E-state index is 0.173. The Kier molecular flexibility index (Phi) is 4.49. The normalized spacial score (nSPS) is 24.3. The minimum atomic E-state index is -0.173. The largest absolute Gasteiger partial charge is 0.393 e. The number of nitrogens with zero attached hydrogens (tertiary/aromatic N) is 1. The lowest BCUT2D eigenvalue weighted by molar-refractivity contribution is 0.0970. The van der Waals surface area contributed by atoms with Gasteiger partial charge in [-0.1, -0.05) is 24.6 Å². The Hall–Kier alpha value is -0.770. The molecule has 1 aromatic carbocycles. The maximum Gasteiger partial charge on any atom is 0.0599 e. The second-order valence-corrected chi connectivity index (χ2v) is 5.52. The second kappa shape index (κ2) is 5.91. The summed E-state index contributed by atoms with van der Waals surface area (Å²) in [7, 11) is 1.95. The summed E-state index contributed by atoms with van der Waals surface area (Å²) in [6.45, 7) is 4.71. The van der Waals surface area contributed by atoms with Gasteiger partial charge in [-0.3, -0.25) is 0 Å². The van der Waals surface area contributed by atoms with Crippen LogP contribution in [0.1, 0.15) is 18.9 Å². The van der Waals surface area contributed by atoms with Crippen molar-refractivity contribution in [3.8, 4) is 0 Å². The van der Waals surface area contributed by atoms with Gasteiger partial charge in [-0.05, 0) is 37.1 Å². The molecule has 1 aliphatic heterocycles. The Bertz CT molecular complexity index is 411. The van der Waals surface area contributed by atoms with Crippen LogP contribution in [0.3, 0.4) is 0 Å². The number of aliphatic hydroxyl groups excluding tert-OH is 1. The highest BCUT2D eigenvalue weighted by Gasteiger charge is 2.25. The number of hydrogen-bond acceptors (Lipinski definition) is 3. The molecule has 1 saturated heterocycles. The molecule has 0 bridgehead atoms. The summed E-state index contributed by atoms with van der Waals surface area (Å²) in [5, 5.41) is 13.8. The molecule has 0 spiro atoms. The van der Waals surface area contributed by atoms with Gasteiger partial charge in [0.15, 0.2) is 0 Å². The fourth-order valence-electron chi connectivity index (χ4n) is 2.52.